The van der Waals surface area contributed by atoms with E-state index in [-0.39, 0.29) is 0 Å². The van der Waals surface area contributed by atoms with Gasteiger partial charge in [0.1, 0.15) is 30.5 Å². The number of carbonyl (C=O) groups is 1. The van der Waals surface area contributed by atoms with Crippen molar-refractivity contribution >= 4 is 5.97 Å². The summed E-state index contributed by atoms with van der Waals surface area (Å²) in [6.07, 6.45) is -4.23. The van der Waals surface area contributed by atoms with Gasteiger partial charge < -0.3 is 47.2 Å². The van der Waals surface area contributed by atoms with Crippen molar-refractivity contribution in [1.29, 1.82) is 0 Å². The van der Waals surface area contributed by atoms with Crippen molar-refractivity contribution in [2.75, 3.05) is 19.8 Å². The molecule has 11 N–H and O–H groups in total. The molecular weight excluding hydrogens is 300 g/mol. The smallest absolute Gasteiger partial charge is 0.320 e. The predicted octanol–water partition coefficient (Wildman–Crippen LogP) is -4.06. The summed E-state index contributed by atoms with van der Waals surface area (Å²) in [5.41, 5.74) is 10.4. The van der Waals surface area contributed by atoms with Gasteiger partial charge in [-0.15, -0.1) is 0 Å². The third-order valence-electron chi connectivity index (χ3n) is 2.80. The Morgan fingerprint density at radius 1 is 0.909 bits per heavy atom. The molecule has 0 bridgehead atoms. The molecule has 10 heteroatoms. The molecule has 5 atom stereocenters. The van der Waals surface area contributed by atoms with Crippen molar-refractivity contribution in [3.8, 4) is 0 Å². The SMILES string of the molecule is NCCCCC(N)C(=O)O.OC[C@@H](O)[C@H](O)[C@H](O)[C@@H](O)CO. The zero-order chi connectivity index (χ0) is 17.7. The van der Waals surface area contributed by atoms with Gasteiger partial charge in [-0.05, 0) is 19.4 Å². The third kappa shape index (κ3) is 10.8. The number of carboxylic acids is 1. The van der Waals surface area contributed by atoms with Crippen molar-refractivity contribution in [2.24, 2.45) is 11.5 Å². The maximum Gasteiger partial charge on any atom is 0.320 e. The first-order valence-corrected chi connectivity index (χ1v) is 6.85. The molecule has 0 fully saturated rings. The molecule has 0 amide bonds. The summed E-state index contributed by atoms with van der Waals surface area (Å²) in [5, 5.41) is 60.5. The van der Waals surface area contributed by atoms with Gasteiger partial charge in [-0.25, -0.2) is 0 Å². The minimum Gasteiger partial charge on any atom is -0.480 e. The van der Waals surface area contributed by atoms with E-state index in [1.54, 1.807) is 0 Å². The third-order valence-corrected chi connectivity index (χ3v) is 2.80. The van der Waals surface area contributed by atoms with Gasteiger partial charge in [-0.2, -0.15) is 0 Å². The van der Waals surface area contributed by atoms with Crippen molar-refractivity contribution in [3.63, 3.8) is 0 Å². The van der Waals surface area contributed by atoms with Crippen LogP contribution in [0.15, 0.2) is 0 Å². The number of carboxylic acid groups (broad SMARTS) is 1. The Kier molecular flexibility index (Phi) is 14.7. The van der Waals surface area contributed by atoms with Crippen molar-refractivity contribution in [2.45, 2.75) is 49.7 Å². The molecule has 22 heavy (non-hydrogen) atoms. The Labute approximate surface area is 128 Å². The molecule has 0 aromatic carbocycles. The van der Waals surface area contributed by atoms with Crippen molar-refractivity contribution in [1.82, 2.24) is 0 Å². The van der Waals surface area contributed by atoms with E-state index >= 15 is 0 Å². The molecule has 0 radical (unpaired) electrons. The van der Waals surface area contributed by atoms with Crippen molar-refractivity contribution < 1.29 is 40.5 Å². The van der Waals surface area contributed by atoms with Crippen LogP contribution in [0, 0.1) is 0 Å². The van der Waals surface area contributed by atoms with Gasteiger partial charge in [0.2, 0.25) is 0 Å². The number of rotatable bonds is 10. The molecule has 0 saturated carbocycles. The molecule has 134 valence electrons. The van der Waals surface area contributed by atoms with Gasteiger partial charge >= 0.3 is 5.97 Å². The lowest BCUT2D eigenvalue weighted by Crippen LogP contribution is -2.46. The first-order valence-electron chi connectivity index (χ1n) is 6.85. The quantitative estimate of drug-likeness (QED) is 0.177. The highest BCUT2D eigenvalue weighted by Crippen LogP contribution is 2.04. The second kappa shape index (κ2) is 13.8. The van der Waals surface area contributed by atoms with Crippen LogP contribution in [0.3, 0.4) is 0 Å². The van der Waals surface area contributed by atoms with Gasteiger partial charge in [0.15, 0.2) is 0 Å². The Morgan fingerprint density at radius 2 is 1.32 bits per heavy atom. The summed E-state index contributed by atoms with van der Waals surface area (Å²) in [6, 6.07) is -0.716. The van der Waals surface area contributed by atoms with E-state index in [4.69, 9.17) is 47.2 Å². The highest BCUT2D eigenvalue weighted by molar-refractivity contribution is 5.72. The van der Waals surface area contributed by atoms with Crippen LogP contribution in [0.1, 0.15) is 19.3 Å². The van der Waals surface area contributed by atoms with Crippen LogP contribution in [0.4, 0.5) is 0 Å². The number of hydrogen-bond acceptors (Lipinski definition) is 9. The molecule has 0 aliphatic rings. The summed E-state index contributed by atoms with van der Waals surface area (Å²) in [7, 11) is 0. The van der Waals surface area contributed by atoms with E-state index in [0.717, 1.165) is 12.8 Å². The van der Waals surface area contributed by atoms with Gasteiger partial charge in [-0.1, -0.05) is 6.42 Å². The maximum atomic E-state index is 10.1. The normalized spacial score (nSPS) is 17.6. The molecule has 0 rings (SSSR count). The summed E-state index contributed by atoms with van der Waals surface area (Å²) in [4.78, 5) is 10.1. The minimum atomic E-state index is -1.67. The van der Waals surface area contributed by atoms with Crippen LogP contribution < -0.4 is 11.5 Å². The highest BCUT2D eigenvalue weighted by atomic mass is 16.4. The second-order valence-corrected chi connectivity index (χ2v) is 4.71. The second-order valence-electron chi connectivity index (χ2n) is 4.71. The topological polar surface area (TPSA) is 211 Å². The fraction of sp³-hybridized carbons (Fsp3) is 0.917. The van der Waals surface area contributed by atoms with Crippen LogP contribution in [0.5, 0.6) is 0 Å². The molecule has 0 heterocycles. The van der Waals surface area contributed by atoms with E-state index in [1.165, 1.54) is 0 Å². The molecule has 0 aromatic heterocycles. The lowest BCUT2D eigenvalue weighted by Gasteiger charge is -2.24. The number of aliphatic hydroxyl groups excluding tert-OH is 6. The highest BCUT2D eigenvalue weighted by Gasteiger charge is 2.29. The Balaban J connectivity index is 0. The van der Waals surface area contributed by atoms with Crippen LogP contribution in [0.2, 0.25) is 0 Å². The summed E-state index contributed by atoms with van der Waals surface area (Å²) < 4.78 is 0. The molecule has 0 aliphatic carbocycles. The number of aliphatic carboxylic acids is 1. The number of hydrogen-bond donors (Lipinski definition) is 9. The minimum absolute atomic E-state index is 0.520. The fourth-order valence-corrected chi connectivity index (χ4v) is 1.30. The van der Waals surface area contributed by atoms with E-state index in [0.29, 0.717) is 13.0 Å². The summed E-state index contributed by atoms with van der Waals surface area (Å²) in [6.45, 7) is -0.848. The maximum absolute atomic E-state index is 10.1. The van der Waals surface area contributed by atoms with E-state index in [2.05, 4.69) is 0 Å². The zero-order valence-corrected chi connectivity index (χ0v) is 12.3. The number of aliphatic hydroxyl groups is 6. The van der Waals surface area contributed by atoms with Crippen LogP contribution in [-0.4, -0.2) is 91.9 Å². The molecular formula is C12H28N2O8. The summed E-state index contributed by atoms with van der Waals surface area (Å²) >= 11 is 0. The lowest BCUT2D eigenvalue weighted by atomic mass is 10.0. The average Bonchev–Trinajstić information content (AvgIpc) is 2.52. The molecule has 0 spiro atoms. The Bertz CT molecular complexity index is 268. The van der Waals surface area contributed by atoms with Gasteiger partial charge in [0, 0.05) is 0 Å². The average molecular weight is 328 g/mol. The first-order chi connectivity index (χ1) is 10.2. The fourth-order valence-electron chi connectivity index (χ4n) is 1.30. The molecule has 0 aliphatic heterocycles. The number of nitrogens with two attached hydrogens (primary N) is 2. The molecule has 1 unspecified atom stereocenters. The van der Waals surface area contributed by atoms with Crippen LogP contribution in [0.25, 0.3) is 0 Å². The van der Waals surface area contributed by atoms with Crippen LogP contribution in [-0.2, 0) is 4.79 Å². The van der Waals surface area contributed by atoms with Gasteiger partial charge in [0.05, 0.1) is 13.2 Å². The van der Waals surface area contributed by atoms with E-state index in [1.807, 2.05) is 0 Å². The Morgan fingerprint density at radius 3 is 1.59 bits per heavy atom. The first kappa shape index (κ1) is 23.4. The molecule has 10 nitrogen and oxygen atoms in total. The molecule has 0 aromatic rings. The van der Waals surface area contributed by atoms with Crippen molar-refractivity contribution in [3.05, 3.63) is 0 Å². The monoisotopic (exact) mass is 328 g/mol. The van der Waals surface area contributed by atoms with Crippen LogP contribution >= 0.6 is 0 Å². The number of unbranched alkanes of at least 4 members (excludes halogenated alkanes) is 1. The predicted molar refractivity (Wildman–Crippen MR) is 76.7 cm³/mol. The zero-order valence-electron chi connectivity index (χ0n) is 12.3. The van der Waals surface area contributed by atoms with Gasteiger partial charge in [0.25, 0.3) is 0 Å². The van der Waals surface area contributed by atoms with E-state index in [9.17, 15) is 4.79 Å². The van der Waals surface area contributed by atoms with Gasteiger partial charge in [-0.3, -0.25) is 4.79 Å². The summed E-state index contributed by atoms with van der Waals surface area (Å²) in [5.74, 6) is -0.933. The largest absolute Gasteiger partial charge is 0.480 e. The standard InChI is InChI=1S/C6H14N2O2.C6H14O6/c7-4-2-1-3-5(8)6(9)10;7-1-3(9)5(11)6(12)4(10)2-8/h5H,1-4,7-8H2,(H,9,10);3-12H,1-2H2/t;3-,4+,5+,6-. The van der Waals surface area contributed by atoms with E-state index < -0.39 is 49.6 Å². The lowest BCUT2D eigenvalue weighted by molar-refractivity contribution is -0.138. The Hall–Kier alpha value is -0.850. The molecule has 0 saturated heterocycles.